The molecule has 2 atom stereocenters. The van der Waals surface area contributed by atoms with Gasteiger partial charge in [-0.05, 0) is 37.4 Å². The highest BCUT2D eigenvalue weighted by atomic mass is 32.1. The smallest absolute Gasteiger partial charge is 0.0128 e. The zero-order chi connectivity index (χ0) is 11.1. The highest BCUT2D eigenvalue weighted by Gasteiger charge is 2.20. The molecule has 14 heavy (non-hydrogen) atoms. The third kappa shape index (κ3) is 5.06. The Morgan fingerprint density at radius 2 is 1.93 bits per heavy atom. The van der Waals surface area contributed by atoms with Crippen LogP contribution >= 0.6 is 12.6 Å². The van der Waals surface area contributed by atoms with Gasteiger partial charge in [0.1, 0.15) is 0 Å². The van der Waals surface area contributed by atoms with E-state index in [1.54, 1.807) is 0 Å². The van der Waals surface area contributed by atoms with Crippen molar-refractivity contribution in [2.45, 2.75) is 46.1 Å². The maximum Gasteiger partial charge on any atom is 0.0128 e. The van der Waals surface area contributed by atoms with Crippen LogP contribution in [0.3, 0.4) is 0 Å². The van der Waals surface area contributed by atoms with Gasteiger partial charge in [-0.2, -0.15) is 12.6 Å². The van der Waals surface area contributed by atoms with Crippen LogP contribution < -0.4 is 5.73 Å². The fourth-order valence-electron chi connectivity index (χ4n) is 1.71. The van der Waals surface area contributed by atoms with Gasteiger partial charge in [0.15, 0.2) is 0 Å². The van der Waals surface area contributed by atoms with Crippen molar-refractivity contribution in [2.24, 2.45) is 17.6 Å². The molecule has 2 N–H and O–H groups in total. The predicted octanol–water partition coefficient (Wildman–Crippen LogP) is 3.26. The average Bonchev–Trinajstić information content (AvgIpc) is 2.10. The first-order valence-electron chi connectivity index (χ1n) is 5.52. The lowest BCUT2D eigenvalue weighted by atomic mass is 9.83. The molecule has 0 saturated carbocycles. The summed E-state index contributed by atoms with van der Waals surface area (Å²) in [6.07, 6.45) is 3.55. The van der Waals surface area contributed by atoms with Gasteiger partial charge in [0, 0.05) is 6.04 Å². The Labute approximate surface area is 94.6 Å². The highest BCUT2D eigenvalue weighted by Crippen LogP contribution is 2.23. The van der Waals surface area contributed by atoms with Gasteiger partial charge in [-0.3, -0.25) is 0 Å². The summed E-state index contributed by atoms with van der Waals surface area (Å²) in [6, 6.07) is 0.257. The first-order valence-corrected chi connectivity index (χ1v) is 6.15. The molecule has 0 aromatic carbocycles. The largest absolute Gasteiger partial charge is 0.327 e. The normalized spacial score (nSPS) is 15.6. The fourth-order valence-corrected chi connectivity index (χ4v) is 1.93. The molecule has 1 nitrogen and oxygen atoms in total. The topological polar surface area (TPSA) is 26.0 Å². The van der Waals surface area contributed by atoms with Crippen LogP contribution in [0.4, 0.5) is 0 Å². The third-order valence-corrected chi connectivity index (χ3v) is 3.11. The van der Waals surface area contributed by atoms with Gasteiger partial charge >= 0.3 is 0 Å². The van der Waals surface area contributed by atoms with Crippen molar-refractivity contribution in [2.75, 3.05) is 5.75 Å². The van der Waals surface area contributed by atoms with Crippen LogP contribution in [-0.2, 0) is 0 Å². The van der Waals surface area contributed by atoms with Crippen molar-refractivity contribution >= 4 is 12.6 Å². The summed E-state index contributed by atoms with van der Waals surface area (Å²) >= 11 is 4.21. The zero-order valence-electron chi connectivity index (χ0n) is 9.79. The van der Waals surface area contributed by atoms with Gasteiger partial charge in [0.25, 0.3) is 0 Å². The van der Waals surface area contributed by atoms with Crippen molar-refractivity contribution in [3.05, 3.63) is 12.2 Å². The summed E-state index contributed by atoms with van der Waals surface area (Å²) in [5.41, 5.74) is 7.39. The Hall–Kier alpha value is 0.0500. The van der Waals surface area contributed by atoms with Crippen LogP contribution in [0.15, 0.2) is 12.2 Å². The summed E-state index contributed by atoms with van der Waals surface area (Å²) in [4.78, 5) is 0. The maximum absolute atomic E-state index is 6.16. The second kappa shape index (κ2) is 7.36. The second-order valence-corrected chi connectivity index (χ2v) is 4.94. The summed E-state index contributed by atoms with van der Waals surface area (Å²) in [6.45, 7) is 10.5. The van der Waals surface area contributed by atoms with Gasteiger partial charge in [0.2, 0.25) is 0 Å². The van der Waals surface area contributed by atoms with Crippen LogP contribution in [0.1, 0.15) is 40.0 Å². The zero-order valence-corrected chi connectivity index (χ0v) is 10.7. The average molecular weight is 215 g/mol. The van der Waals surface area contributed by atoms with Crippen LogP contribution in [0, 0.1) is 11.8 Å². The monoisotopic (exact) mass is 215 g/mol. The number of hydrogen-bond acceptors (Lipinski definition) is 2. The molecule has 84 valence electrons. The molecule has 0 bridgehead atoms. The van der Waals surface area contributed by atoms with Crippen LogP contribution in [0.2, 0.25) is 0 Å². The molecule has 0 radical (unpaired) electrons. The number of unbranched alkanes of at least 4 members (excludes halogenated alkanes) is 1. The molecule has 0 aliphatic carbocycles. The third-order valence-electron chi connectivity index (χ3n) is 2.79. The lowest BCUT2D eigenvalue weighted by Crippen LogP contribution is -2.35. The molecule has 0 heterocycles. The number of rotatable bonds is 7. The van der Waals surface area contributed by atoms with E-state index in [0.29, 0.717) is 11.8 Å². The Kier molecular flexibility index (Phi) is 7.38. The maximum atomic E-state index is 6.16. The Morgan fingerprint density at radius 1 is 1.36 bits per heavy atom. The molecule has 0 aliphatic rings. The minimum absolute atomic E-state index is 0.257. The summed E-state index contributed by atoms with van der Waals surface area (Å²) in [7, 11) is 0. The fraction of sp³-hybridized carbons (Fsp3) is 0.833. The van der Waals surface area contributed by atoms with Crippen molar-refractivity contribution in [1.29, 1.82) is 0 Å². The van der Waals surface area contributed by atoms with Crippen molar-refractivity contribution in [3.8, 4) is 0 Å². The summed E-state index contributed by atoms with van der Waals surface area (Å²) in [5.74, 6) is 1.99. The van der Waals surface area contributed by atoms with Crippen LogP contribution in [0.25, 0.3) is 0 Å². The minimum atomic E-state index is 0.257. The summed E-state index contributed by atoms with van der Waals surface area (Å²) < 4.78 is 0. The molecule has 0 aromatic heterocycles. The highest BCUT2D eigenvalue weighted by molar-refractivity contribution is 7.80. The van der Waals surface area contributed by atoms with Gasteiger partial charge in [-0.25, -0.2) is 0 Å². The van der Waals surface area contributed by atoms with Gasteiger partial charge < -0.3 is 5.73 Å². The van der Waals surface area contributed by atoms with Crippen molar-refractivity contribution in [3.63, 3.8) is 0 Å². The van der Waals surface area contributed by atoms with E-state index in [1.807, 2.05) is 0 Å². The molecular weight excluding hydrogens is 190 g/mol. The van der Waals surface area contributed by atoms with E-state index in [0.717, 1.165) is 12.2 Å². The molecular formula is C12H25NS. The Bertz CT molecular complexity index is 166. The van der Waals surface area contributed by atoms with E-state index in [-0.39, 0.29) is 6.04 Å². The molecule has 2 unspecified atom stereocenters. The molecule has 0 rings (SSSR count). The predicted molar refractivity (Wildman–Crippen MR) is 68.8 cm³/mol. The molecule has 0 aromatic rings. The lowest BCUT2D eigenvalue weighted by Gasteiger charge is -2.27. The molecule has 0 fully saturated rings. The summed E-state index contributed by atoms with van der Waals surface area (Å²) in [5, 5.41) is 0. The van der Waals surface area contributed by atoms with Crippen LogP contribution in [-0.4, -0.2) is 11.8 Å². The molecule has 0 saturated heterocycles. The molecule has 2 heteroatoms. The van der Waals surface area contributed by atoms with E-state index >= 15 is 0 Å². The second-order valence-electron chi connectivity index (χ2n) is 4.49. The Balaban J connectivity index is 4.08. The molecule has 0 aliphatic heterocycles. The number of nitrogens with two attached hydrogens (primary N) is 1. The minimum Gasteiger partial charge on any atom is -0.327 e. The number of thiol groups is 1. The van der Waals surface area contributed by atoms with Crippen LogP contribution in [0.5, 0.6) is 0 Å². The number of hydrogen-bond donors (Lipinski definition) is 2. The van der Waals surface area contributed by atoms with Crippen molar-refractivity contribution < 1.29 is 0 Å². The quantitative estimate of drug-likeness (QED) is 0.380. The molecule has 0 amide bonds. The van der Waals surface area contributed by atoms with E-state index in [2.05, 4.69) is 40.0 Å². The van der Waals surface area contributed by atoms with Gasteiger partial charge in [-0.1, -0.05) is 32.4 Å². The van der Waals surface area contributed by atoms with Gasteiger partial charge in [0.05, 0.1) is 0 Å². The van der Waals surface area contributed by atoms with Gasteiger partial charge in [-0.15, -0.1) is 0 Å². The van der Waals surface area contributed by atoms with E-state index < -0.39 is 0 Å². The SMILES string of the molecule is C=C(C)C(CCCCS)C(N)C(C)C. The van der Waals surface area contributed by atoms with E-state index in [1.165, 1.54) is 18.4 Å². The standard InChI is InChI=1S/C12H25NS/c1-9(2)11(7-5-6-8-14)12(13)10(3)4/h10-12,14H,1,5-8,13H2,2-4H3. The first kappa shape index (κ1) is 14.1. The van der Waals surface area contributed by atoms with E-state index in [4.69, 9.17) is 5.73 Å². The lowest BCUT2D eigenvalue weighted by molar-refractivity contribution is 0.356. The first-order chi connectivity index (χ1) is 6.50. The van der Waals surface area contributed by atoms with Crippen molar-refractivity contribution in [1.82, 2.24) is 0 Å². The Morgan fingerprint density at radius 3 is 2.29 bits per heavy atom. The molecule has 0 spiro atoms. The van der Waals surface area contributed by atoms with E-state index in [9.17, 15) is 0 Å².